The van der Waals surface area contributed by atoms with Crippen LogP contribution in [0.5, 0.6) is 0 Å². The molecule has 4 rings (SSSR count). The van der Waals surface area contributed by atoms with Crippen LogP contribution < -0.4 is 0 Å². The Labute approximate surface area is 127 Å². The first-order chi connectivity index (χ1) is 10.9. The van der Waals surface area contributed by atoms with Gasteiger partial charge in [-0.15, -0.1) is 0 Å². The summed E-state index contributed by atoms with van der Waals surface area (Å²) in [6.45, 7) is 2.26. The van der Waals surface area contributed by atoms with Gasteiger partial charge in [-0.2, -0.15) is 4.98 Å². The summed E-state index contributed by atoms with van der Waals surface area (Å²) < 4.78 is 12.8. The van der Waals surface area contributed by atoms with E-state index in [0.717, 1.165) is 31.0 Å². The number of hydrogen-bond acceptors (Lipinski definition) is 5. The first kappa shape index (κ1) is 13.2. The number of nitrogens with zero attached hydrogens (tertiary/aromatic N) is 4. The molecule has 2 aromatic heterocycles. The van der Waals surface area contributed by atoms with Gasteiger partial charge in [0.1, 0.15) is 0 Å². The van der Waals surface area contributed by atoms with Crippen LogP contribution in [0.1, 0.15) is 23.7 Å². The molecule has 1 fully saturated rings. The van der Waals surface area contributed by atoms with Crippen molar-refractivity contribution in [3.63, 3.8) is 0 Å². The minimum atomic E-state index is 0.262. The second kappa shape index (κ2) is 5.73. The summed E-state index contributed by atoms with van der Waals surface area (Å²) in [5.74, 6) is 1.57. The predicted molar refractivity (Wildman–Crippen MR) is 79.2 cm³/mol. The highest BCUT2D eigenvalue weighted by Gasteiger charge is 2.23. The van der Waals surface area contributed by atoms with Crippen LogP contribution in [0.4, 0.5) is 0 Å². The van der Waals surface area contributed by atoms with Crippen LogP contribution in [0.25, 0.3) is 11.5 Å². The molecule has 22 heavy (non-hydrogen) atoms. The lowest BCUT2D eigenvalue weighted by Gasteiger charge is -2.03. The molecule has 1 aliphatic rings. The van der Waals surface area contributed by atoms with E-state index in [1.807, 2.05) is 29.2 Å². The van der Waals surface area contributed by atoms with Crippen LogP contribution in [0.2, 0.25) is 0 Å². The maximum absolute atomic E-state index is 5.38. The van der Waals surface area contributed by atoms with E-state index in [9.17, 15) is 0 Å². The standard InChI is InChI=1S/C16H16N4O2/c1-3-13(4-2-12(1)9-20-7-6-17-11-20)16-18-15(19-22-16)14-5-8-21-10-14/h1-4,6-7,11,14H,5,8-10H2/t14-/m1/s1. The third kappa shape index (κ3) is 2.65. The minimum Gasteiger partial charge on any atom is -0.381 e. The molecule has 0 N–H and O–H groups in total. The first-order valence-corrected chi connectivity index (χ1v) is 7.35. The second-order valence-electron chi connectivity index (χ2n) is 5.45. The van der Waals surface area contributed by atoms with E-state index in [-0.39, 0.29) is 5.92 Å². The fourth-order valence-corrected chi connectivity index (χ4v) is 2.60. The molecule has 1 atom stereocenters. The Morgan fingerprint density at radius 1 is 1.23 bits per heavy atom. The van der Waals surface area contributed by atoms with Crippen molar-refractivity contribution in [1.82, 2.24) is 19.7 Å². The molecule has 1 aromatic carbocycles. The van der Waals surface area contributed by atoms with E-state index < -0.39 is 0 Å². The van der Waals surface area contributed by atoms with Crippen molar-refractivity contribution < 1.29 is 9.26 Å². The van der Waals surface area contributed by atoms with Gasteiger partial charge in [-0.3, -0.25) is 0 Å². The largest absolute Gasteiger partial charge is 0.381 e. The summed E-state index contributed by atoms with van der Waals surface area (Å²) in [5, 5.41) is 4.08. The fraction of sp³-hybridized carbons (Fsp3) is 0.312. The van der Waals surface area contributed by atoms with Crippen LogP contribution in [0.15, 0.2) is 47.5 Å². The van der Waals surface area contributed by atoms with E-state index in [1.165, 1.54) is 5.56 Å². The number of benzene rings is 1. The molecule has 1 aliphatic heterocycles. The predicted octanol–water partition coefficient (Wildman–Crippen LogP) is 2.49. The number of rotatable bonds is 4. The molecular formula is C16H16N4O2. The van der Waals surface area contributed by atoms with Crippen LogP contribution in [0.3, 0.4) is 0 Å². The van der Waals surface area contributed by atoms with Gasteiger partial charge in [0, 0.05) is 37.0 Å². The summed E-state index contributed by atoms with van der Waals surface area (Å²) in [6, 6.07) is 8.15. The minimum absolute atomic E-state index is 0.262. The zero-order valence-corrected chi connectivity index (χ0v) is 12.1. The first-order valence-electron chi connectivity index (χ1n) is 7.35. The highest BCUT2D eigenvalue weighted by molar-refractivity contribution is 5.53. The van der Waals surface area contributed by atoms with E-state index in [2.05, 4.69) is 27.3 Å². The Hall–Kier alpha value is -2.47. The van der Waals surface area contributed by atoms with E-state index >= 15 is 0 Å². The molecule has 6 heteroatoms. The topological polar surface area (TPSA) is 66.0 Å². The normalized spacial score (nSPS) is 17.9. The maximum Gasteiger partial charge on any atom is 0.257 e. The molecular weight excluding hydrogens is 280 g/mol. The van der Waals surface area contributed by atoms with Crippen LogP contribution in [0, 0.1) is 0 Å². The highest BCUT2D eigenvalue weighted by atomic mass is 16.5. The van der Waals surface area contributed by atoms with E-state index in [0.29, 0.717) is 12.5 Å². The molecule has 1 saturated heterocycles. The molecule has 0 spiro atoms. The van der Waals surface area contributed by atoms with Gasteiger partial charge in [0.2, 0.25) is 0 Å². The molecule has 6 nitrogen and oxygen atoms in total. The van der Waals surface area contributed by atoms with Crippen molar-refractivity contribution in [3.8, 4) is 11.5 Å². The summed E-state index contributed by atoms with van der Waals surface area (Å²) in [5.41, 5.74) is 2.14. The van der Waals surface area contributed by atoms with Gasteiger partial charge in [0.25, 0.3) is 5.89 Å². The number of aromatic nitrogens is 4. The Balaban J connectivity index is 1.50. The summed E-state index contributed by atoms with van der Waals surface area (Å²) in [4.78, 5) is 8.54. The third-order valence-electron chi connectivity index (χ3n) is 3.86. The van der Waals surface area contributed by atoms with E-state index in [4.69, 9.17) is 9.26 Å². The van der Waals surface area contributed by atoms with Crippen LogP contribution >= 0.6 is 0 Å². The molecule has 3 aromatic rings. The molecule has 0 saturated carbocycles. The SMILES string of the molecule is c1cn(Cc2ccc(-c3nc([C@@H]4CCOC4)no3)cc2)cn1. The number of imidazole rings is 1. The summed E-state index contributed by atoms with van der Waals surface area (Å²) >= 11 is 0. The van der Waals surface area contributed by atoms with Gasteiger partial charge < -0.3 is 13.8 Å². The zero-order valence-electron chi connectivity index (χ0n) is 12.1. The van der Waals surface area contributed by atoms with Gasteiger partial charge in [-0.1, -0.05) is 17.3 Å². The Bertz CT molecular complexity index is 728. The fourth-order valence-electron chi connectivity index (χ4n) is 2.60. The van der Waals surface area contributed by atoms with Crippen molar-refractivity contribution in [2.45, 2.75) is 18.9 Å². The Morgan fingerprint density at radius 2 is 2.14 bits per heavy atom. The average Bonchev–Trinajstić information content (AvgIpc) is 3.30. The highest BCUT2D eigenvalue weighted by Crippen LogP contribution is 2.25. The third-order valence-corrected chi connectivity index (χ3v) is 3.86. The molecule has 112 valence electrons. The van der Waals surface area contributed by atoms with Crippen molar-refractivity contribution in [2.24, 2.45) is 0 Å². The second-order valence-corrected chi connectivity index (χ2v) is 5.45. The average molecular weight is 296 g/mol. The monoisotopic (exact) mass is 296 g/mol. The lowest BCUT2D eigenvalue weighted by Crippen LogP contribution is -1.99. The molecule has 0 bridgehead atoms. The van der Waals surface area contributed by atoms with Gasteiger partial charge in [-0.05, 0) is 24.1 Å². The van der Waals surface area contributed by atoms with Gasteiger partial charge >= 0.3 is 0 Å². The molecule has 3 heterocycles. The quantitative estimate of drug-likeness (QED) is 0.740. The van der Waals surface area contributed by atoms with Gasteiger partial charge in [0.15, 0.2) is 5.82 Å². The van der Waals surface area contributed by atoms with Crippen molar-refractivity contribution in [2.75, 3.05) is 13.2 Å². The number of hydrogen-bond donors (Lipinski definition) is 0. The lowest BCUT2D eigenvalue weighted by molar-refractivity contribution is 0.192. The van der Waals surface area contributed by atoms with Gasteiger partial charge in [-0.25, -0.2) is 4.98 Å². The molecule has 0 unspecified atom stereocenters. The summed E-state index contributed by atoms with van der Waals surface area (Å²) in [6.07, 6.45) is 6.49. The lowest BCUT2D eigenvalue weighted by atomic mass is 10.1. The van der Waals surface area contributed by atoms with Gasteiger partial charge in [0.05, 0.1) is 12.9 Å². The smallest absolute Gasteiger partial charge is 0.257 e. The number of ether oxygens (including phenoxy) is 1. The van der Waals surface area contributed by atoms with Crippen molar-refractivity contribution >= 4 is 0 Å². The molecule has 0 aliphatic carbocycles. The Kier molecular flexibility index (Phi) is 3.44. The molecule has 0 radical (unpaired) electrons. The van der Waals surface area contributed by atoms with Crippen molar-refractivity contribution in [3.05, 3.63) is 54.4 Å². The Morgan fingerprint density at radius 3 is 2.86 bits per heavy atom. The van der Waals surface area contributed by atoms with Crippen LogP contribution in [-0.2, 0) is 11.3 Å². The van der Waals surface area contributed by atoms with E-state index in [1.54, 1.807) is 6.20 Å². The van der Waals surface area contributed by atoms with Crippen LogP contribution in [-0.4, -0.2) is 32.9 Å². The summed E-state index contributed by atoms with van der Waals surface area (Å²) in [7, 11) is 0. The molecule has 0 amide bonds. The van der Waals surface area contributed by atoms with Crippen molar-refractivity contribution in [1.29, 1.82) is 0 Å². The zero-order chi connectivity index (χ0) is 14.8. The maximum atomic E-state index is 5.38.